The summed E-state index contributed by atoms with van der Waals surface area (Å²) in [5.41, 5.74) is -2.66. The minimum Gasteiger partial charge on any atom is -0.459 e. The Labute approximate surface area is 155 Å². The van der Waals surface area contributed by atoms with E-state index in [2.05, 4.69) is 0 Å². The molecule has 0 unspecified atom stereocenters. The Bertz CT molecular complexity index is 682. The van der Waals surface area contributed by atoms with Crippen LogP contribution in [0.5, 0.6) is 0 Å². The molecule has 0 aromatic heterocycles. The van der Waals surface area contributed by atoms with E-state index >= 15 is 0 Å². The van der Waals surface area contributed by atoms with Gasteiger partial charge in [-0.15, -0.1) is 0 Å². The molecule has 0 atom stereocenters. The van der Waals surface area contributed by atoms with Gasteiger partial charge in [-0.3, -0.25) is 9.59 Å². The van der Waals surface area contributed by atoms with Crippen LogP contribution in [0.4, 0.5) is 17.6 Å². The molecule has 0 aliphatic rings. The fourth-order valence-corrected chi connectivity index (χ4v) is 2.16. The van der Waals surface area contributed by atoms with Crippen LogP contribution in [0.25, 0.3) is 0 Å². The molecule has 0 spiro atoms. The molecule has 1 aromatic carbocycles. The number of carbonyl (C=O) groups is 2. The van der Waals surface area contributed by atoms with Crippen molar-refractivity contribution in [2.45, 2.75) is 32.5 Å². The Kier molecular flexibility index (Phi) is 7.36. The van der Waals surface area contributed by atoms with Crippen LogP contribution in [0.3, 0.4) is 0 Å². The summed E-state index contributed by atoms with van der Waals surface area (Å²) < 4.78 is 57.3. The molecule has 1 amide bonds. The van der Waals surface area contributed by atoms with Gasteiger partial charge in [-0.05, 0) is 53.1 Å². The summed E-state index contributed by atoms with van der Waals surface area (Å²) in [5, 5.41) is 0. The number of amides is 1. The van der Waals surface area contributed by atoms with E-state index in [-0.39, 0.29) is 12.1 Å². The highest BCUT2D eigenvalue weighted by atomic mass is 19.4. The lowest BCUT2D eigenvalue weighted by molar-refractivity contribution is -0.155. The zero-order chi connectivity index (χ0) is 21.0. The minimum absolute atomic E-state index is 0.0871. The van der Waals surface area contributed by atoms with Crippen molar-refractivity contribution in [1.82, 2.24) is 9.80 Å². The Morgan fingerprint density at radius 1 is 1.07 bits per heavy atom. The zero-order valence-corrected chi connectivity index (χ0v) is 16.0. The van der Waals surface area contributed by atoms with E-state index in [0.717, 1.165) is 11.0 Å². The molecule has 1 aromatic rings. The van der Waals surface area contributed by atoms with Gasteiger partial charge >= 0.3 is 12.1 Å². The van der Waals surface area contributed by atoms with Crippen LogP contribution in [-0.4, -0.2) is 61.0 Å². The van der Waals surface area contributed by atoms with Crippen molar-refractivity contribution in [2.75, 3.05) is 33.7 Å². The number of nitrogens with zero attached hydrogens (tertiary/aromatic N) is 2. The Balaban J connectivity index is 3.10. The SMILES string of the molecule is CN(C)CCN(CC(=O)OC(C)(C)C)C(=O)c1ccc(F)c(C(F)(F)F)c1. The van der Waals surface area contributed by atoms with Crippen molar-refractivity contribution in [3.8, 4) is 0 Å². The Hall–Kier alpha value is -2.16. The summed E-state index contributed by atoms with van der Waals surface area (Å²) >= 11 is 0. The van der Waals surface area contributed by atoms with Crippen molar-refractivity contribution in [3.63, 3.8) is 0 Å². The van der Waals surface area contributed by atoms with E-state index in [4.69, 9.17) is 4.74 Å². The summed E-state index contributed by atoms with van der Waals surface area (Å²) in [6, 6.07) is 2.01. The zero-order valence-electron chi connectivity index (χ0n) is 16.0. The standard InChI is InChI=1S/C18H24F4N2O3/c1-17(2,3)27-15(25)11-24(9-8-23(4)5)16(26)12-6-7-14(19)13(10-12)18(20,21)22/h6-7,10H,8-9,11H2,1-5H3. The van der Waals surface area contributed by atoms with Gasteiger partial charge < -0.3 is 14.5 Å². The highest BCUT2D eigenvalue weighted by Gasteiger charge is 2.35. The van der Waals surface area contributed by atoms with Crippen LogP contribution in [-0.2, 0) is 15.7 Å². The van der Waals surface area contributed by atoms with Gasteiger partial charge in [0.05, 0.1) is 5.56 Å². The molecule has 0 saturated heterocycles. The van der Waals surface area contributed by atoms with Crippen molar-refractivity contribution < 1.29 is 31.9 Å². The van der Waals surface area contributed by atoms with E-state index in [9.17, 15) is 27.2 Å². The monoisotopic (exact) mass is 392 g/mol. The van der Waals surface area contributed by atoms with Gasteiger partial charge in [0.25, 0.3) is 5.91 Å². The maximum absolute atomic E-state index is 13.5. The van der Waals surface area contributed by atoms with E-state index in [1.807, 2.05) is 0 Å². The third kappa shape index (κ3) is 7.54. The molecule has 0 aliphatic carbocycles. The quantitative estimate of drug-likeness (QED) is 0.551. The largest absolute Gasteiger partial charge is 0.459 e. The molecule has 0 radical (unpaired) electrons. The molecule has 0 heterocycles. The maximum atomic E-state index is 13.5. The molecule has 0 N–H and O–H groups in total. The van der Waals surface area contributed by atoms with Gasteiger partial charge in [0, 0.05) is 18.7 Å². The topological polar surface area (TPSA) is 49.9 Å². The van der Waals surface area contributed by atoms with Gasteiger partial charge in [0.15, 0.2) is 0 Å². The van der Waals surface area contributed by atoms with Gasteiger partial charge in [0.1, 0.15) is 18.0 Å². The first-order chi connectivity index (χ1) is 12.2. The lowest BCUT2D eigenvalue weighted by Gasteiger charge is -2.26. The molecule has 152 valence electrons. The van der Waals surface area contributed by atoms with E-state index in [1.54, 1.807) is 39.8 Å². The third-order valence-electron chi connectivity index (χ3n) is 3.36. The Morgan fingerprint density at radius 3 is 2.15 bits per heavy atom. The molecule has 0 bridgehead atoms. The van der Waals surface area contributed by atoms with Gasteiger partial charge in [-0.1, -0.05) is 0 Å². The van der Waals surface area contributed by atoms with Crippen molar-refractivity contribution in [2.24, 2.45) is 0 Å². The van der Waals surface area contributed by atoms with Crippen molar-refractivity contribution in [3.05, 3.63) is 35.1 Å². The fourth-order valence-electron chi connectivity index (χ4n) is 2.16. The van der Waals surface area contributed by atoms with Crippen LogP contribution >= 0.6 is 0 Å². The predicted octanol–water partition coefficient (Wildman–Crippen LogP) is 3.19. The summed E-state index contributed by atoms with van der Waals surface area (Å²) in [7, 11) is 3.49. The highest BCUT2D eigenvalue weighted by molar-refractivity contribution is 5.96. The van der Waals surface area contributed by atoms with Gasteiger partial charge in [-0.25, -0.2) is 4.39 Å². The molecular formula is C18H24F4N2O3. The van der Waals surface area contributed by atoms with Crippen molar-refractivity contribution >= 4 is 11.9 Å². The van der Waals surface area contributed by atoms with Gasteiger partial charge in [-0.2, -0.15) is 13.2 Å². The normalized spacial score (nSPS) is 12.2. The third-order valence-corrected chi connectivity index (χ3v) is 3.36. The van der Waals surface area contributed by atoms with Crippen LogP contribution in [0.1, 0.15) is 36.7 Å². The first kappa shape index (κ1) is 22.9. The van der Waals surface area contributed by atoms with Crippen LogP contribution < -0.4 is 0 Å². The summed E-state index contributed by atoms with van der Waals surface area (Å²) in [5.74, 6) is -2.97. The molecule has 1 rings (SSSR count). The maximum Gasteiger partial charge on any atom is 0.419 e. The number of likely N-dealkylation sites (N-methyl/N-ethyl adjacent to an activating group) is 1. The average molecular weight is 392 g/mol. The molecule has 0 fully saturated rings. The lowest BCUT2D eigenvalue weighted by atomic mass is 10.1. The number of ether oxygens (including phenoxy) is 1. The number of hydrogen-bond acceptors (Lipinski definition) is 4. The number of halogens is 4. The average Bonchev–Trinajstić information content (AvgIpc) is 2.48. The van der Waals surface area contributed by atoms with Crippen LogP contribution in [0.2, 0.25) is 0 Å². The second kappa shape index (κ2) is 8.69. The highest BCUT2D eigenvalue weighted by Crippen LogP contribution is 2.32. The summed E-state index contributed by atoms with van der Waals surface area (Å²) in [6.07, 6.45) is -4.93. The first-order valence-electron chi connectivity index (χ1n) is 8.23. The van der Waals surface area contributed by atoms with Gasteiger partial charge in [0.2, 0.25) is 0 Å². The Morgan fingerprint density at radius 2 is 1.67 bits per heavy atom. The first-order valence-corrected chi connectivity index (χ1v) is 8.23. The summed E-state index contributed by atoms with van der Waals surface area (Å²) in [4.78, 5) is 27.6. The number of alkyl halides is 3. The van der Waals surface area contributed by atoms with Crippen LogP contribution in [0.15, 0.2) is 18.2 Å². The number of rotatable bonds is 6. The smallest absolute Gasteiger partial charge is 0.419 e. The number of esters is 1. The van der Waals surface area contributed by atoms with E-state index < -0.39 is 41.6 Å². The molecule has 27 heavy (non-hydrogen) atoms. The van der Waals surface area contributed by atoms with Crippen molar-refractivity contribution in [1.29, 1.82) is 0 Å². The molecule has 0 saturated carbocycles. The van der Waals surface area contributed by atoms with E-state index in [1.165, 1.54) is 0 Å². The summed E-state index contributed by atoms with van der Waals surface area (Å²) in [6.45, 7) is 5.01. The lowest BCUT2D eigenvalue weighted by Crippen LogP contribution is -2.42. The number of carbonyl (C=O) groups excluding carboxylic acids is 2. The molecular weight excluding hydrogens is 368 g/mol. The molecule has 9 heteroatoms. The second-order valence-corrected chi connectivity index (χ2v) is 7.31. The molecule has 0 aliphatic heterocycles. The number of benzene rings is 1. The molecule has 5 nitrogen and oxygen atoms in total. The number of hydrogen-bond donors (Lipinski definition) is 0. The van der Waals surface area contributed by atoms with E-state index in [0.29, 0.717) is 18.7 Å². The van der Waals surface area contributed by atoms with Crippen LogP contribution in [0, 0.1) is 5.82 Å². The second-order valence-electron chi connectivity index (χ2n) is 7.31. The fraction of sp³-hybridized carbons (Fsp3) is 0.556. The minimum atomic E-state index is -4.93. The predicted molar refractivity (Wildman–Crippen MR) is 91.7 cm³/mol.